The smallest absolute Gasteiger partial charge is 0.316 e. The van der Waals surface area contributed by atoms with Crippen LogP contribution in [0.3, 0.4) is 0 Å². The first-order valence-corrected chi connectivity index (χ1v) is 18.9. The number of aromatic nitrogens is 3. The number of rotatable bonds is 12. The lowest BCUT2D eigenvalue weighted by atomic mass is 9.88. The topological polar surface area (TPSA) is 143 Å². The van der Waals surface area contributed by atoms with Gasteiger partial charge in [0.25, 0.3) is 5.91 Å². The van der Waals surface area contributed by atoms with Crippen molar-refractivity contribution in [1.82, 2.24) is 25.4 Å². The van der Waals surface area contributed by atoms with Crippen LogP contribution in [0.4, 0.5) is 5.13 Å². The number of fused-ring (bicyclic) bond motifs is 1. The minimum absolute atomic E-state index is 0.129. The van der Waals surface area contributed by atoms with Gasteiger partial charge in [0, 0.05) is 23.4 Å². The number of amides is 3. The molecule has 2 aliphatic heterocycles. The second kappa shape index (κ2) is 14.7. The third kappa shape index (κ3) is 7.16. The summed E-state index contributed by atoms with van der Waals surface area (Å²) >= 11 is 8.70. The fourth-order valence-electron chi connectivity index (χ4n) is 5.21. The van der Waals surface area contributed by atoms with E-state index in [0.717, 1.165) is 20.5 Å². The summed E-state index contributed by atoms with van der Waals surface area (Å²) in [7, 11) is 0. The molecule has 0 bridgehead atoms. The van der Waals surface area contributed by atoms with Gasteiger partial charge >= 0.3 is 5.97 Å². The van der Waals surface area contributed by atoms with Crippen molar-refractivity contribution in [3.05, 3.63) is 92.9 Å². The lowest BCUT2D eigenvalue weighted by Gasteiger charge is -2.54. The van der Waals surface area contributed by atoms with Gasteiger partial charge in [0.05, 0.1) is 11.3 Å². The highest BCUT2D eigenvalue weighted by atomic mass is 79.9. The third-order valence-electron chi connectivity index (χ3n) is 7.59. The van der Waals surface area contributed by atoms with E-state index in [2.05, 4.69) is 41.7 Å². The quantitative estimate of drug-likeness (QED) is 0.0656. The van der Waals surface area contributed by atoms with Gasteiger partial charge in [-0.1, -0.05) is 99.7 Å². The summed E-state index contributed by atoms with van der Waals surface area (Å²) in [5.41, 5.74) is 1.18. The Hall–Kier alpha value is -3.57. The lowest BCUT2D eigenvalue weighted by Crippen LogP contribution is -2.74. The van der Waals surface area contributed by atoms with E-state index in [-0.39, 0.29) is 23.4 Å². The van der Waals surface area contributed by atoms with Crippen molar-refractivity contribution < 1.29 is 23.9 Å². The molecule has 0 saturated carbocycles. The molecule has 47 heavy (non-hydrogen) atoms. The first kappa shape index (κ1) is 33.3. The number of carbonyl (C=O) groups is 4. The molecule has 2 fully saturated rings. The Labute approximate surface area is 295 Å². The number of esters is 1. The number of carbonyl (C=O) groups excluding carboxylic acids is 4. The Balaban J connectivity index is 1.21. The highest BCUT2D eigenvalue weighted by molar-refractivity contribution is 9.11. The highest BCUT2D eigenvalue weighted by Gasteiger charge is 2.58. The predicted molar refractivity (Wildman–Crippen MR) is 187 cm³/mol. The van der Waals surface area contributed by atoms with Gasteiger partial charge in [0.2, 0.25) is 12.3 Å². The molecule has 6 rings (SSSR count). The minimum Gasteiger partial charge on any atom is -0.452 e. The van der Waals surface area contributed by atoms with Crippen LogP contribution in [0.15, 0.2) is 75.4 Å². The molecule has 2 unspecified atom stereocenters. The summed E-state index contributed by atoms with van der Waals surface area (Å²) in [6.45, 7) is 2.00. The van der Waals surface area contributed by atoms with Crippen molar-refractivity contribution in [2.75, 3.05) is 23.4 Å². The number of β-lactam (4-membered cyclic amide) rings is 1. The third-order valence-corrected chi connectivity index (χ3v) is 12.7. The molecule has 2 saturated heterocycles. The van der Waals surface area contributed by atoms with E-state index in [1.54, 1.807) is 10.3 Å². The molecule has 4 aromatic rings. The number of ether oxygens (including phenoxy) is 1. The van der Waals surface area contributed by atoms with Crippen LogP contribution in [0.5, 0.6) is 0 Å². The number of hydrogen-bond donors (Lipinski definition) is 2. The zero-order valence-corrected chi connectivity index (χ0v) is 29.6. The number of halogens is 1. The van der Waals surface area contributed by atoms with Crippen LogP contribution < -0.4 is 10.6 Å². The number of hydrogen-bond acceptors (Lipinski definition) is 12. The fraction of sp³-hybridized carbons (Fsp3) is 0.258. The van der Waals surface area contributed by atoms with E-state index in [1.807, 2.05) is 67.6 Å². The average Bonchev–Trinajstić information content (AvgIpc) is 3.74. The van der Waals surface area contributed by atoms with Crippen LogP contribution in [-0.4, -0.2) is 73.7 Å². The van der Waals surface area contributed by atoms with Crippen molar-refractivity contribution >= 4 is 97.0 Å². The van der Waals surface area contributed by atoms with Crippen molar-refractivity contribution in [2.24, 2.45) is 5.41 Å². The number of nitrogens with one attached hydrogen (secondary N) is 2. The molecule has 2 aromatic carbocycles. The molecule has 16 heteroatoms. The molecule has 242 valence electrons. The number of aryl methyl sites for hydroxylation is 1. The van der Waals surface area contributed by atoms with E-state index in [1.165, 1.54) is 51.2 Å². The van der Waals surface area contributed by atoms with Gasteiger partial charge < -0.3 is 20.3 Å². The summed E-state index contributed by atoms with van der Waals surface area (Å²) in [5.74, 6) is -0.503. The minimum atomic E-state index is -1.05. The van der Waals surface area contributed by atoms with Crippen LogP contribution in [0, 0.1) is 12.3 Å². The van der Waals surface area contributed by atoms with Gasteiger partial charge in [0.15, 0.2) is 15.6 Å². The summed E-state index contributed by atoms with van der Waals surface area (Å²) in [6.07, 6.45) is -0.130. The summed E-state index contributed by atoms with van der Waals surface area (Å²) in [6, 6.07) is 18.4. The monoisotopic (exact) mass is 770 g/mol. The van der Waals surface area contributed by atoms with Gasteiger partial charge in [-0.2, -0.15) is 0 Å². The maximum atomic E-state index is 14.3. The summed E-state index contributed by atoms with van der Waals surface area (Å²) < 4.78 is 7.09. The maximum Gasteiger partial charge on any atom is 0.316 e. The average molecular weight is 772 g/mol. The van der Waals surface area contributed by atoms with Crippen LogP contribution in [0.25, 0.3) is 5.57 Å². The number of anilines is 1. The first-order chi connectivity index (χ1) is 22.8. The van der Waals surface area contributed by atoms with Gasteiger partial charge in [-0.3, -0.25) is 19.2 Å². The number of thiazole rings is 1. The number of nitrogens with zero attached hydrogens (tertiary/aromatic N) is 4. The normalized spacial score (nSPS) is 20.7. The lowest BCUT2D eigenvalue weighted by molar-refractivity contribution is -0.164. The molecule has 11 nitrogen and oxygen atoms in total. The second-order valence-corrected chi connectivity index (χ2v) is 15.5. The molecule has 2 N–H and O–H groups in total. The molecular weight excluding hydrogens is 745 g/mol. The van der Waals surface area contributed by atoms with Crippen molar-refractivity contribution in [1.29, 1.82) is 0 Å². The zero-order valence-electron chi connectivity index (χ0n) is 24.7. The van der Waals surface area contributed by atoms with Crippen LogP contribution in [-0.2, 0) is 23.9 Å². The van der Waals surface area contributed by atoms with Gasteiger partial charge in [-0.25, -0.2) is 4.98 Å². The zero-order chi connectivity index (χ0) is 33.0. The molecule has 0 radical (unpaired) electrons. The van der Waals surface area contributed by atoms with E-state index in [4.69, 9.17) is 4.74 Å². The van der Waals surface area contributed by atoms with E-state index >= 15 is 0 Å². The van der Waals surface area contributed by atoms with Gasteiger partial charge in [0.1, 0.15) is 21.8 Å². The first-order valence-electron chi connectivity index (χ1n) is 14.2. The van der Waals surface area contributed by atoms with Gasteiger partial charge in [-0.05, 0) is 23.0 Å². The molecule has 0 spiro atoms. The molecule has 3 atom stereocenters. The Kier molecular flexibility index (Phi) is 10.4. The Morgan fingerprint density at radius 2 is 1.85 bits per heavy atom. The number of benzene rings is 2. The molecule has 2 aliphatic rings. The van der Waals surface area contributed by atoms with Gasteiger partial charge in [-0.15, -0.1) is 33.3 Å². The second-order valence-electron chi connectivity index (χ2n) is 10.7. The van der Waals surface area contributed by atoms with Crippen molar-refractivity contribution in [3.63, 3.8) is 0 Å². The standard InChI is InChI=1S/C31H27BrN6O5S4/c1-18-36-37-30(47-18)46-16-31(28(42)43-24(19-8-4-2-5-9-19)20-10-6-3-7-11-20)14-38-26(41)23(27(38)45-15-31)35-25(40)21(12-32)22-13-44-29(34-22)33-17-39/h2-13,17,23-24,27H,14-16H2,1H3,(H,35,40)(H,33,34,39)/t23?,27-,31?/m1/s1. The molecular formula is C31H27BrN6O5S4. The molecule has 4 heterocycles. The fourth-order valence-corrected chi connectivity index (χ4v) is 9.98. The molecule has 3 amide bonds. The van der Waals surface area contributed by atoms with Crippen LogP contribution in [0.2, 0.25) is 0 Å². The van der Waals surface area contributed by atoms with Crippen molar-refractivity contribution in [2.45, 2.75) is 28.8 Å². The van der Waals surface area contributed by atoms with E-state index < -0.39 is 29.4 Å². The Morgan fingerprint density at radius 3 is 2.47 bits per heavy atom. The maximum absolute atomic E-state index is 14.3. The largest absolute Gasteiger partial charge is 0.452 e. The van der Waals surface area contributed by atoms with E-state index in [0.29, 0.717) is 28.7 Å². The Morgan fingerprint density at radius 1 is 1.15 bits per heavy atom. The number of thioether (sulfide) groups is 2. The molecule has 2 aromatic heterocycles. The summed E-state index contributed by atoms with van der Waals surface area (Å²) in [4.78, 5) is 59.2. The Bertz CT molecular complexity index is 1770. The van der Waals surface area contributed by atoms with Crippen LogP contribution in [0.1, 0.15) is 27.9 Å². The molecule has 0 aliphatic carbocycles. The highest BCUT2D eigenvalue weighted by Crippen LogP contribution is 2.46. The summed E-state index contributed by atoms with van der Waals surface area (Å²) in [5, 5.41) is 16.1. The SMILES string of the molecule is Cc1nnc(SCC2(C(=O)OC(c3ccccc3)c3ccccc3)CS[C@@H]3C(NC(=O)C(=CBr)c4csc(NC=O)n4)C(=O)N3C2)s1. The van der Waals surface area contributed by atoms with Crippen LogP contribution >= 0.6 is 62.1 Å². The van der Waals surface area contributed by atoms with Crippen molar-refractivity contribution in [3.8, 4) is 0 Å². The predicted octanol–water partition coefficient (Wildman–Crippen LogP) is 5.12. The van der Waals surface area contributed by atoms with E-state index in [9.17, 15) is 19.2 Å².